The van der Waals surface area contributed by atoms with Crippen LogP contribution in [0.25, 0.3) is 0 Å². The first-order valence-corrected chi connectivity index (χ1v) is 5.32. The van der Waals surface area contributed by atoms with Gasteiger partial charge in [0.15, 0.2) is 17.3 Å². The lowest BCUT2D eigenvalue weighted by atomic mass is 10.2. The lowest BCUT2D eigenvalue weighted by Gasteiger charge is -1.96. The highest BCUT2D eigenvalue weighted by atomic mass is 16.4. The lowest BCUT2D eigenvalue weighted by Crippen LogP contribution is -1.97. The average molecular weight is 260 g/mol. The number of benzene rings is 1. The number of anilines is 2. The van der Waals surface area contributed by atoms with Crippen LogP contribution in [0.4, 0.5) is 23.0 Å². The van der Waals surface area contributed by atoms with E-state index in [0.717, 1.165) is 0 Å². The molecule has 0 atom stereocenters. The minimum Gasteiger partial charge on any atom is -0.478 e. The number of aryl methyl sites for hydroxylation is 1. The van der Waals surface area contributed by atoms with Crippen LogP contribution in [0.15, 0.2) is 34.5 Å². The highest BCUT2D eigenvalue weighted by Gasteiger charge is 2.10. The quantitative estimate of drug-likeness (QED) is 0.722. The monoisotopic (exact) mass is 260 g/mol. The summed E-state index contributed by atoms with van der Waals surface area (Å²) in [6.45, 7) is 0. The number of nitrogens with two attached hydrogens (primary N) is 2. The van der Waals surface area contributed by atoms with Crippen molar-refractivity contribution in [3.63, 3.8) is 0 Å². The Kier molecular flexibility index (Phi) is 3.15. The molecule has 0 saturated heterocycles. The van der Waals surface area contributed by atoms with Crippen molar-refractivity contribution in [2.75, 3.05) is 11.5 Å². The Balaban J connectivity index is 2.32. The fourth-order valence-electron chi connectivity index (χ4n) is 1.46. The molecule has 19 heavy (non-hydrogen) atoms. The fourth-order valence-corrected chi connectivity index (χ4v) is 1.46. The van der Waals surface area contributed by atoms with Gasteiger partial charge in [0, 0.05) is 7.05 Å². The number of nitrogen functional groups attached to an aromatic ring is 2. The van der Waals surface area contributed by atoms with Crippen molar-refractivity contribution in [1.82, 2.24) is 9.78 Å². The number of azo groups is 1. The molecule has 2 rings (SSSR count). The Bertz CT molecular complexity index is 661. The second kappa shape index (κ2) is 4.77. The van der Waals surface area contributed by atoms with Gasteiger partial charge >= 0.3 is 5.97 Å². The van der Waals surface area contributed by atoms with Crippen molar-refractivity contribution in [3.05, 3.63) is 29.8 Å². The summed E-state index contributed by atoms with van der Waals surface area (Å²) >= 11 is 0. The van der Waals surface area contributed by atoms with Crippen molar-refractivity contribution in [1.29, 1.82) is 0 Å². The molecule has 0 amide bonds. The van der Waals surface area contributed by atoms with E-state index in [2.05, 4.69) is 15.3 Å². The molecule has 5 N–H and O–H groups in total. The first-order chi connectivity index (χ1) is 8.99. The molecule has 1 aromatic heterocycles. The summed E-state index contributed by atoms with van der Waals surface area (Å²) in [6, 6.07) is 6.06. The average Bonchev–Trinajstić information content (AvgIpc) is 2.61. The molecule has 0 aliphatic carbocycles. The maximum Gasteiger partial charge on any atom is 0.335 e. The summed E-state index contributed by atoms with van der Waals surface area (Å²) < 4.78 is 1.39. The Morgan fingerprint density at radius 3 is 2.68 bits per heavy atom. The van der Waals surface area contributed by atoms with Gasteiger partial charge in [-0.1, -0.05) is 6.07 Å². The van der Waals surface area contributed by atoms with Gasteiger partial charge in [-0.3, -0.25) is 0 Å². The minimum absolute atomic E-state index is 0.128. The summed E-state index contributed by atoms with van der Waals surface area (Å²) in [5.41, 5.74) is 12.1. The summed E-state index contributed by atoms with van der Waals surface area (Å²) in [5.74, 6) is -0.578. The zero-order chi connectivity index (χ0) is 14.0. The topological polar surface area (TPSA) is 132 Å². The van der Waals surface area contributed by atoms with Gasteiger partial charge in [0.05, 0.1) is 11.3 Å². The van der Waals surface area contributed by atoms with Crippen LogP contribution in [-0.2, 0) is 7.05 Å². The molecular weight excluding hydrogens is 248 g/mol. The summed E-state index contributed by atoms with van der Waals surface area (Å²) in [7, 11) is 1.63. The van der Waals surface area contributed by atoms with E-state index >= 15 is 0 Å². The van der Waals surface area contributed by atoms with Crippen molar-refractivity contribution in [2.45, 2.75) is 0 Å². The molecular formula is C11H12N6O2. The molecule has 0 aliphatic rings. The van der Waals surface area contributed by atoms with Crippen molar-refractivity contribution >= 4 is 29.0 Å². The van der Waals surface area contributed by atoms with E-state index in [1.807, 2.05) is 0 Å². The van der Waals surface area contributed by atoms with E-state index in [1.165, 1.54) is 16.8 Å². The number of aromatic carboxylic acids is 1. The molecule has 0 unspecified atom stereocenters. The largest absolute Gasteiger partial charge is 0.478 e. The highest BCUT2D eigenvalue weighted by molar-refractivity contribution is 5.88. The fraction of sp³-hybridized carbons (Fsp3) is 0.0909. The van der Waals surface area contributed by atoms with E-state index in [9.17, 15) is 4.79 Å². The molecule has 0 spiro atoms. The van der Waals surface area contributed by atoms with Crippen LogP contribution in [0.3, 0.4) is 0 Å². The maximum atomic E-state index is 10.8. The van der Waals surface area contributed by atoms with Crippen LogP contribution in [-0.4, -0.2) is 20.9 Å². The first-order valence-electron chi connectivity index (χ1n) is 5.32. The molecule has 8 heteroatoms. The molecule has 8 nitrogen and oxygen atoms in total. The Morgan fingerprint density at radius 1 is 1.37 bits per heavy atom. The van der Waals surface area contributed by atoms with Gasteiger partial charge < -0.3 is 16.6 Å². The Morgan fingerprint density at radius 2 is 2.11 bits per heavy atom. The SMILES string of the molecule is Cn1nc(N)c(N=Nc2cccc(C(=O)O)c2)c1N. The molecule has 0 aliphatic heterocycles. The molecule has 2 aromatic rings. The Labute approximate surface area is 108 Å². The second-order valence-electron chi connectivity index (χ2n) is 3.80. The van der Waals surface area contributed by atoms with Crippen LogP contribution in [0.5, 0.6) is 0 Å². The molecule has 0 bridgehead atoms. The van der Waals surface area contributed by atoms with E-state index in [1.54, 1.807) is 19.2 Å². The van der Waals surface area contributed by atoms with Crippen LogP contribution in [0, 0.1) is 0 Å². The number of aromatic nitrogens is 2. The number of carboxylic acids is 1. The highest BCUT2D eigenvalue weighted by Crippen LogP contribution is 2.29. The molecule has 1 heterocycles. The standard InChI is InChI=1S/C11H12N6O2/c1-17-10(13)8(9(12)16-17)15-14-7-4-2-3-6(5-7)11(18)19/h2-5H,13H2,1H3,(H2,12,16)(H,18,19). The lowest BCUT2D eigenvalue weighted by molar-refractivity contribution is 0.0697. The molecule has 1 aromatic carbocycles. The summed E-state index contributed by atoms with van der Waals surface area (Å²) in [5, 5.41) is 20.5. The van der Waals surface area contributed by atoms with Crippen molar-refractivity contribution in [3.8, 4) is 0 Å². The van der Waals surface area contributed by atoms with E-state index in [4.69, 9.17) is 16.6 Å². The predicted molar refractivity (Wildman–Crippen MR) is 69.6 cm³/mol. The van der Waals surface area contributed by atoms with E-state index < -0.39 is 5.97 Å². The molecule has 0 fully saturated rings. The maximum absolute atomic E-state index is 10.8. The van der Waals surface area contributed by atoms with Gasteiger partial charge in [-0.15, -0.1) is 5.11 Å². The van der Waals surface area contributed by atoms with Crippen molar-refractivity contribution in [2.24, 2.45) is 17.3 Å². The predicted octanol–water partition coefficient (Wildman–Crippen LogP) is 1.70. The van der Waals surface area contributed by atoms with Crippen LogP contribution in [0.1, 0.15) is 10.4 Å². The molecule has 0 saturated carbocycles. The smallest absolute Gasteiger partial charge is 0.335 e. The minimum atomic E-state index is -1.03. The number of hydrogen-bond acceptors (Lipinski definition) is 6. The molecule has 98 valence electrons. The number of hydrogen-bond donors (Lipinski definition) is 3. The summed E-state index contributed by atoms with van der Waals surface area (Å²) in [4.78, 5) is 10.8. The number of rotatable bonds is 3. The normalized spacial score (nSPS) is 11.0. The van der Waals surface area contributed by atoms with Gasteiger partial charge in [-0.2, -0.15) is 10.2 Å². The van der Waals surface area contributed by atoms with Crippen LogP contribution in [0.2, 0.25) is 0 Å². The van der Waals surface area contributed by atoms with E-state index in [-0.39, 0.29) is 22.9 Å². The third kappa shape index (κ3) is 2.51. The van der Waals surface area contributed by atoms with Gasteiger partial charge in [0.1, 0.15) is 0 Å². The number of carbonyl (C=O) groups is 1. The summed E-state index contributed by atoms with van der Waals surface area (Å²) in [6.07, 6.45) is 0. The van der Waals surface area contributed by atoms with E-state index in [0.29, 0.717) is 5.69 Å². The second-order valence-corrected chi connectivity index (χ2v) is 3.80. The Hall–Kier alpha value is -2.90. The third-order valence-corrected chi connectivity index (χ3v) is 2.45. The third-order valence-electron chi connectivity index (χ3n) is 2.45. The number of carboxylic acid groups (broad SMARTS) is 1. The first kappa shape index (κ1) is 12.6. The number of nitrogens with zero attached hydrogens (tertiary/aromatic N) is 4. The zero-order valence-corrected chi connectivity index (χ0v) is 10.1. The van der Waals surface area contributed by atoms with Crippen LogP contribution < -0.4 is 11.5 Å². The van der Waals surface area contributed by atoms with Gasteiger partial charge in [-0.25, -0.2) is 9.48 Å². The zero-order valence-electron chi connectivity index (χ0n) is 10.1. The van der Waals surface area contributed by atoms with Gasteiger partial charge in [0.2, 0.25) is 0 Å². The van der Waals surface area contributed by atoms with Crippen LogP contribution >= 0.6 is 0 Å². The van der Waals surface area contributed by atoms with Gasteiger partial charge in [-0.05, 0) is 18.2 Å². The van der Waals surface area contributed by atoms with Gasteiger partial charge in [0.25, 0.3) is 0 Å². The molecule has 0 radical (unpaired) electrons. The van der Waals surface area contributed by atoms with Crippen molar-refractivity contribution < 1.29 is 9.90 Å².